The molecule has 0 aliphatic heterocycles. The Morgan fingerprint density at radius 1 is 1.33 bits per heavy atom. The highest BCUT2D eigenvalue weighted by Gasteiger charge is 2.20. The SMILES string of the molecule is CNc1ccc([N+](=O)[O-])c(C(=O)NCCNS(C)(=O)=O)c1. The maximum absolute atomic E-state index is 11.9. The molecule has 21 heavy (non-hydrogen) atoms. The number of benzene rings is 1. The highest BCUT2D eigenvalue weighted by atomic mass is 32.2. The second-order valence-corrected chi connectivity index (χ2v) is 5.99. The maximum atomic E-state index is 11.9. The topological polar surface area (TPSA) is 130 Å². The van der Waals surface area contributed by atoms with Crippen molar-refractivity contribution in [3.8, 4) is 0 Å². The van der Waals surface area contributed by atoms with Gasteiger partial charge < -0.3 is 10.6 Å². The fourth-order valence-corrected chi connectivity index (χ4v) is 2.01. The second kappa shape index (κ2) is 6.99. The third-order valence-corrected chi connectivity index (χ3v) is 3.23. The van der Waals surface area contributed by atoms with Crippen molar-refractivity contribution >= 4 is 27.3 Å². The molecule has 0 bridgehead atoms. The molecule has 0 aliphatic carbocycles. The smallest absolute Gasteiger partial charge is 0.282 e. The highest BCUT2D eigenvalue weighted by Crippen LogP contribution is 2.22. The molecule has 0 heterocycles. The van der Waals surface area contributed by atoms with Gasteiger partial charge in [-0.25, -0.2) is 13.1 Å². The minimum Gasteiger partial charge on any atom is -0.388 e. The van der Waals surface area contributed by atoms with E-state index in [9.17, 15) is 23.3 Å². The van der Waals surface area contributed by atoms with Crippen molar-refractivity contribution in [2.75, 3.05) is 31.7 Å². The van der Waals surface area contributed by atoms with E-state index < -0.39 is 20.9 Å². The van der Waals surface area contributed by atoms with Crippen LogP contribution in [0.3, 0.4) is 0 Å². The number of nitro groups is 1. The molecule has 0 aromatic heterocycles. The van der Waals surface area contributed by atoms with Gasteiger partial charge in [-0.3, -0.25) is 14.9 Å². The van der Waals surface area contributed by atoms with Gasteiger partial charge in [0.2, 0.25) is 10.0 Å². The lowest BCUT2D eigenvalue weighted by Crippen LogP contribution is -2.34. The summed E-state index contributed by atoms with van der Waals surface area (Å²) < 4.78 is 23.9. The summed E-state index contributed by atoms with van der Waals surface area (Å²) in [6, 6.07) is 4.08. The standard InChI is InChI=1S/C11H16N4O5S/c1-12-8-3-4-10(15(17)18)9(7-8)11(16)13-5-6-14-21(2,19)20/h3-4,7,12,14H,5-6H2,1-2H3,(H,13,16). The molecule has 1 rings (SSSR count). The van der Waals surface area contributed by atoms with Crippen molar-refractivity contribution < 1.29 is 18.1 Å². The third kappa shape index (κ3) is 5.36. The van der Waals surface area contributed by atoms with E-state index in [2.05, 4.69) is 15.4 Å². The van der Waals surface area contributed by atoms with Crippen LogP contribution in [0.4, 0.5) is 11.4 Å². The Morgan fingerprint density at radius 3 is 2.52 bits per heavy atom. The van der Waals surface area contributed by atoms with Crippen molar-refractivity contribution in [1.82, 2.24) is 10.0 Å². The molecular formula is C11H16N4O5S. The van der Waals surface area contributed by atoms with Crippen molar-refractivity contribution in [3.63, 3.8) is 0 Å². The van der Waals surface area contributed by atoms with Crippen LogP contribution in [0.15, 0.2) is 18.2 Å². The number of anilines is 1. The number of hydrogen-bond donors (Lipinski definition) is 3. The first-order valence-electron chi connectivity index (χ1n) is 5.93. The van der Waals surface area contributed by atoms with Gasteiger partial charge in [0.15, 0.2) is 0 Å². The van der Waals surface area contributed by atoms with Gasteiger partial charge in [-0.1, -0.05) is 0 Å². The lowest BCUT2D eigenvalue weighted by molar-refractivity contribution is -0.385. The predicted octanol–water partition coefficient (Wildman–Crippen LogP) is -0.0845. The van der Waals surface area contributed by atoms with E-state index in [1.54, 1.807) is 7.05 Å². The zero-order chi connectivity index (χ0) is 16.0. The van der Waals surface area contributed by atoms with Crippen molar-refractivity contribution in [3.05, 3.63) is 33.9 Å². The Morgan fingerprint density at radius 2 is 2.00 bits per heavy atom. The zero-order valence-electron chi connectivity index (χ0n) is 11.5. The van der Waals surface area contributed by atoms with Crippen LogP contribution in [0.25, 0.3) is 0 Å². The van der Waals surface area contributed by atoms with Gasteiger partial charge in [-0.15, -0.1) is 0 Å². The minimum absolute atomic E-state index is 0.00406. The van der Waals surface area contributed by atoms with Gasteiger partial charge >= 0.3 is 0 Å². The largest absolute Gasteiger partial charge is 0.388 e. The molecule has 0 saturated heterocycles. The monoisotopic (exact) mass is 316 g/mol. The number of nitro benzene ring substituents is 1. The predicted molar refractivity (Wildman–Crippen MR) is 77.8 cm³/mol. The van der Waals surface area contributed by atoms with Crippen molar-refractivity contribution in [1.29, 1.82) is 0 Å². The summed E-state index contributed by atoms with van der Waals surface area (Å²) in [5.74, 6) is -0.644. The van der Waals surface area contributed by atoms with E-state index in [1.165, 1.54) is 18.2 Å². The Bertz CT molecular complexity index is 644. The second-order valence-electron chi connectivity index (χ2n) is 4.16. The average molecular weight is 316 g/mol. The Kier molecular flexibility index (Phi) is 5.61. The van der Waals surface area contributed by atoms with Gasteiger partial charge in [0.05, 0.1) is 11.2 Å². The molecule has 0 atom stereocenters. The van der Waals surface area contributed by atoms with Crippen LogP contribution in [0.2, 0.25) is 0 Å². The average Bonchev–Trinajstić information content (AvgIpc) is 2.41. The Balaban J connectivity index is 2.79. The normalized spacial score (nSPS) is 11.0. The van der Waals surface area contributed by atoms with Crippen molar-refractivity contribution in [2.45, 2.75) is 0 Å². The van der Waals surface area contributed by atoms with Gasteiger partial charge in [0.25, 0.3) is 11.6 Å². The lowest BCUT2D eigenvalue weighted by atomic mass is 10.1. The number of hydrogen-bond acceptors (Lipinski definition) is 6. The van der Waals surface area contributed by atoms with E-state index in [0.29, 0.717) is 5.69 Å². The lowest BCUT2D eigenvalue weighted by Gasteiger charge is -2.08. The number of carbonyl (C=O) groups excluding carboxylic acids is 1. The quantitative estimate of drug-likeness (QED) is 0.366. The van der Waals surface area contributed by atoms with Crippen LogP contribution in [0.1, 0.15) is 10.4 Å². The molecule has 0 saturated carbocycles. The van der Waals surface area contributed by atoms with Gasteiger partial charge in [0, 0.05) is 31.9 Å². The number of rotatable bonds is 7. The van der Waals surface area contributed by atoms with E-state index >= 15 is 0 Å². The summed E-state index contributed by atoms with van der Waals surface area (Å²) in [4.78, 5) is 22.2. The van der Waals surface area contributed by atoms with E-state index in [-0.39, 0.29) is 24.3 Å². The van der Waals surface area contributed by atoms with E-state index in [0.717, 1.165) is 6.26 Å². The molecule has 1 aromatic carbocycles. The Labute approximate surface area is 121 Å². The number of amides is 1. The molecule has 0 radical (unpaired) electrons. The number of nitrogens with zero attached hydrogens (tertiary/aromatic N) is 1. The summed E-state index contributed by atoms with van der Waals surface area (Å²) in [6.07, 6.45) is 0.996. The van der Waals surface area contributed by atoms with E-state index in [1.807, 2.05) is 0 Å². The number of carbonyl (C=O) groups is 1. The summed E-state index contributed by atoms with van der Waals surface area (Å²) in [6.45, 7) is 0.0247. The Hall–Kier alpha value is -2.20. The molecule has 0 unspecified atom stereocenters. The van der Waals surface area contributed by atoms with E-state index in [4.69, 9.17) is 0 Å². The molecule has 1 amide bonds. The van der Waals surface area contributed by atoms with Crippen molar-refractivity contribution in [2.24, 2.45) is 0 Å². The highest BCUT2D eigenvalue weighted by molar-refractivity contribution is 7.88. The van der Waals surface area contributed by atoms with Crippen LogP contribution < -0.4 is 15.4 Å². The molecule has 3 N–H and O–H groups in total. The van der Waals surface area contributed by atoms with Gasteiger partial charge in [-0.2, -0.15) is 0 Å². The van der Waals surface area contributed by atoms with Gasteiger partial charge in [-0.05, 0) is 12.1 Å². The molecule has 0 aliphatic rings. The molecule has 1 aromatic rings. The number of nitrogens with one attached hydrogen (secondary N) is 3. The molecule has 9 nitrogen and oxygen atoms in total. The first-order chi connectivity index (χ1) is 9.74. The fourth-order valence-electron chi connectivity index (χ4n) is 1.54. The van der Waals surface area contributed by atoms with Crippen LogP contribution >= 0.6 is 0 Å². The zero-order valence-corrected chi connectivity index (χ0v) is 12.4. The van der Waals surface area contributed by atoms with Crippen LogP contribution in [-0.4, -0.2) is 45.6 Å². The van der Waals surface area contributed by atoms with Gasteiger partial charge in [0.1, 0.15) is 5.56 Å². The summed E-state index contributed by atoms with van der Waals surface area (Å²) >= 11 is 0. The fraction of sp³-hybridized carbons (Fsp3) is 0.364. The first kappa shape index (κ1) is 16.9. The molecule has 10 heteroatoms. The minimum atomic E-state index is -3.34. The van der Waals surface area contributed by atoms with Crippen LogP contribution in [0.5, 0.6) is 0 Å². The molecular weight excluding hydrogens is 300 g/mol. The summed E-state index contributed by atoms with van der Waals surface area (Å²) in [5, 5.41) is 16.1. The summed E-state index contributed by atoms with van der Waals surface area (Å²) in [7, 11) is -1.71. The molecule has 0 spiro atoms. The number of sulfonamides is 1. The van der Waals surface area contributed by atoms with Crippen LogP contribution in [-0.2, 0) is 10.0 Å². The molecule has 116 valence electrons. The first-order valence-corrected chi connectivity index (χ1v) is 7.83. The summed E-state index contributed by atoms with van der Waals surface area (Å²) in [5.41, 5.74) is 0.147. The van der Waals surface area contributed by atoms with Crippen LogP contribution in [0, 0.1) is 10.1 Å². The third-order valence-electron chi connectivity index (χ3n) is 2.50. The maximum Gasteiger partial charge on any atom is 0.282 e. The molecule has 0 fully saturated rings.